The number of amides is 1. The number of carbonyl (C=O) groups is 1. The minimum absolute atomic E-state index is 0.263. The zero-order valence-corrected chi connectivity index (χ0v) is 16.7. The molecule has 0 saturated heterocycles. The lowest BCUT2D eigenvalue weighted by atomic mass is 10.1. The molecule has 3 rings (SSSR count). The van der Waals surface area contributed by atoms with Crippen LogP contribution in [0.2, 0.25) is 0 Å². The maximum Gasteiger partial charge on any atom is 0.276 e. The number of methoxy groups -OCH3 is 2. The van der Waals surface area contributed by atoms with Gasteiger partial charge in [0.1, 0.15) is 5.82 Å². The van der Waals surface area contributed by atoms with Crippen molar-refractivity contribution in [1.29, 1.82) is 0 Å². The van der Waals surface area contributed by atoms with Crippen LogP contribution >= 0.6 is 0 Å². The van der Waals surface area contributed by atoms with Crippen LogP contribution in [-0.2, 0) is 6.42 Å². The first-order valence-corrected chi connectivity index (χ1v) is 9.26. The van der Waals surface area contributed by atoms with E-state index in [0.29, 0.717) is 23.9 Å². The third kappa shape index (κ3) is 5.22. The second kappa shape index (κ2) is 9.54. The van der Waals surface area contributed by atoms with Crippen LogP contribution in [0.3, 0.4) is 0 Å². The summed E-state index contributed by atoms with van der Waals surface area (Å²) in [6.07, 6.45) is 0.775. The molecule has 2 aromatic carbocycles. The molecule has 0 aliphatic rings. The van der Waals surface area contributed by atoms with Crippen LogP contribution in [0.1, 0.15) is 21.6 Å². The molecule has 0 saturated carbocycles. The molecule has 2 N–H and O–H groups in total. The molecule has 7 heteroatoms. The minimum Gasteiger partial charge on any atom is -0.493 e. The van der Waals surface area contributed by atoms with E-state index in [1.165, 1.54) is 0 Å². The quantitative estimate of drug-likeness (QED) is 0.608. The molecule has 29 heavy (non-hydrogen) atoms. The summed E-state index contributed by atoms with van der Waals surface area (Å²) in [5.74, 6) is 1.73. The van der Waals surface area contributed by atoms with Gasteiger partial charge in [-0.25, -0.2) is 0 Å². The van der Waals surface area contributed by atoms with Gasteiger partial charge in [-0.05, 0) is 54.8 Å². The van der Waals surface area contributed by atoms with Crippen LogP contribution in [0.5, 0.6) is 11.5 Å². The number of anilines is 2. The van der Waals surface area contributed by atoms with E-state index in [0.717, 1.165) is 23.2 Å². The molecular weight excluding hydrogens is 368 g/mol. The predicted molar refractivity (Wildman–Crippen MR) is 113 cm³/mol. The van der Waals surface area contributed by atoms with Crippen molar-refractivity contribution in [3.8, 4) is 11.5 Å². The number of para-hydroxylation sites is 1. The number of ether oxygens (including phenoxy) is 2. The Morgan fingerprint density at radius 1 is 0.966 bits per heavy atom. The monoisotopic (exact) mass is 392 g/mol. The molecule has 0 fully saturated rings. The zero-order valence-electron chi connectivity index (χ0n) is 16.7. The van der Waals surface area contributed by atoms with Gasteiger partial charge >= 0.3 is 0 Å². The van der Waals surface area contributed by atoms with Gasteiger partial charge in [-0.2, -0.15) is 0 Å². The molecule has 7 nitrogen and oxygen atoms in total. The first-order chi connectivity index (χ1) is 14.1. The first-order valence-electron chi connectivity index (χ1n) is 9.26. The molecule has 0 unspecified atom stereocenters. The molecule has 1 heterocycles. The van der Waals surface area contributed by atoms with Gasteiger partial charge < -0.3 is 20.1 Å². The van der Waals surface area contributed by atoms with Gasteiger partial charge in [0, 0.05) is 12.2 Å². The summed E-state index contributed by atoms with van der Waals surface area (Å²) in [7, 11) is 3.23. The van der Waals surface area contributed by atoms with E-state index in [1.807, 2.05) is 49.4 Å². The van der Waals surface area contributed by atoms with Crippen LogP contribution in [-0.4, -0.2) is 36.9 Å². The van der Waals surface area contributed by atoms with Gasteiger partial charge in [-0.1, -0.05) is 24.3 Å². The van der Waals surface area contributed by atoms with Crippen LogP contribution in [0.25, 0.3) is 0 Å². The molecule has 0 bridgehead atoms. The SMILES string of the molecule is COc1ccc(CCNc2ccc(C(=O)Nc3ccccc3C)nn2)cc1OC. The average molecular weight is 392 g/mol. The Morgan fingerprint density at radius 2 is 1.76 bits per heavy atom. The highest BCUT2D eigenvalue weighted by molar-refractivity contribution is 6.03. The van der Waals surface area contributed by atoms with Gasteiger partial charge in [-0.3, -0.25) is 4.79 Å². The molecule has 0 aliphatic heterocycles. The minimum atomic E-state index is -0.288. The molecule has 0 aliphatic carbocycles. The summed E-state index contributed by atoms with van der Waals surface area (Å²) in [5.41, 5.74) is 3.12. The molecule has 150 valence electrons. The van der Waals surface area contributed by atoms with Crippen molar-refractivity contribution in [1.82, 2.24) is 10.2 Å². The number of benzene rings is 2. The van der Waals surface area contributed by atoms with E-state index >= 15 is 0 Å². The van der Waals surface area contributed by atoms with Gasteiger partial charge in [0.05, 0.1) is 14.2 Å². The summed E-state index contributed by atoms with van der Waals surface area (Å²) >= 11 is 0. The van der Waals surface area contributed by atoms with Crippen LogP contribution < -0.4 is 20.1 Å². The number of aromatic nitrogens is 2. The number of carbonyl (C=O) groups excluding carboxylic acids is 1. The van der Waals surface area contributed by atoms with Crippen LogP contribution in [0, 0.1) is 6.92 Å². The van der Waals surface area contributed by atoms with Crippen LogP contribution in [0.15, 0.2) is 54.6 Å². The van der Waals surface area contributed by atoms with Crippen molar-refractivity contribution in [2.75, 3.05) is 31.4 Å². The maximum atomic E-state index is 12.3. The summed E-state index contributed by atoms with van der Waals surface area (Å²) in [4.78, 5) is 12.3. The Hall–Kier alpha value is -3.61. The zero-order chi connectivity index (χ0) is 20.6. The van der Waals surface area contributed by atoms with Crippen molar-refractivity contribution in [2.45, 2.75) is 13.3 Å². The van der Waals surface area contributed by atoms with E-state index in [4.69, 9.17) is 9.47 Å². The number of hydrogen-bond acceptors (Lipinski definition) is 6. The highest BCUT2D eigenvalue weighted by Crippen LogP contribution is 2.27. The summed E-state index contributed by atoms with van der Waals surface area (Å²) < 4.78 is 10.6. The fourth-order valence-electron chi connectivity index (χ4n) is 2.82. The Kier molecular flexibility index (Phi) is 6.63. The highest BCUT2D eigenvalue weighted by Gasteiger charge is 2.10. The van der Waals surface area contributed by atoms with E-state index in [9.17, 15) is 4.79 Å². The lowest BCUT2D eigenvalue weighted by Gasteiger charge is -2.10. The number of nitrogens with zero attached hydrogens (tertiary/aromatic N) is 2. The maximum absolute atomic E-state index is 12.3. The molecule has 3 aromatic rings. The van der Waals surface area contributed by atoms with Gasteiger partial charge in [0.15, 0.2) is 17.2 Å². The molecule has 1 aromatic heterocycles. The molecule has 1 amide bonds. The molecule has 0 spiro atoms. The van der Waals surface area contributed by atoms with Gasteiger partial charge in [0.25, 0.3) is 5.91 Å². The largest absolute Gasteiger partial charge is 0.493 e. The number of aryl methyl sites for hydroxylation is 1. The van der Waals surface area contributed by atoms with Crippen molar-refractivity contribution in [2.24, 2.45) is 0 Å². The first kappa shape index (κ1) is 20.1. The fourth-order valence-corrected chi connectivity index (χ4v) is 2.82. The fraction of sp³-hybridized carbons (Fsp3) is 0.227. The van der Waals surface area contributed by atoms with Crippen molar-refractivity contribution >= 4 is 17.4 Å². The highest BCUT2D eigenvalue weighted by atomic mass is 16.5. The van der Waals surface area contributed by atoms with Crippen LogP contribution in [0.4, 0.5) is 11.5 Å². The number of nitrogens with one attached hydrogen (secondary N) is 2. The molecule has 0 radical (unpaired) electrons. The Balaban J connectivity index is 1.54. The van der Waals surface area contributed by atoms with Crippen molar-refractivity contribution in [3.05, 3.63) is 71.4 Å². The third-order valence-electron chi connectivity index (χ3n) is 4.46. The smallest absolute Gasteiger partial charge is 0.276 e. The third-order valence-corrected chi connectivity index (χ3v) is 4.46. The second-order valence-electron chi connectivity index (χ2n) is 6.44. The van der Waals surface area contributed by atoms with Crippen molar-refractivity contribution < 1.29 is 14.3 Å². The topological polar surface area (TPSA) is 85.4 Å². The Bertz CT molecular complexity index is 974. The van der Waals surface area contributed by atoms with E-state index in [-0.39, 0.29) is 11.6 Å². The van der Waals surface area contributed by atoms with Gasteiger partial charge in [-0.15, -0.1) is 10.2 Å². The lowest BCUT2D eigenvalue weighted by molar-refractivity contribution is 0.102. The van der Waals surface area contributed by atoms with Gasteiger partial charge in [0.2, 0.25) is 0 Å². The standard InChI is InChI=1S/C22H24N4O3/c1-15-6-4-5-7-17(15)24-22(27)18-9-11-21(26-25-18)23-13-12-16-8-10-19(28-2)20(14-16)29-3/h4-11,14H,12-13H2,1-3H3,(H,23,26)(H,24,27). The Labute approximate surface area is 170 Å². The van der Waals surface area contributed by atoms with E-state index < -0.39 is 0 Å². The normalized spacial score (nSPS) is 10.3. The average Bonchev–Trinajstić information content (AvgIpc) is 2.75. The Morgan fingerprint density at radius 3 is 2.45 bits per heavy atom. The van der Waals surface area contributed by atoms with E-state index in [1.54, 1.807) is 26.4 Å². The second-order valence-corrected chi connectivity index (χ2v) is 6.44. The van der Waals surface area contributed by atoms with E-state index in [2.05, 4.69) is 20.8 Å². The predicted octanol–water partition coefficient (Wildman–Crippen LogP) is 3.71. The summed E-state index contributed by atoms with van der Waals surface area (Å²) in [6, 6.07) is 16.8. The summed E-state index contributed by atoms with van der Waals surface area (Å²) in [6.45, 7) is 2.60. The number of hydrogen-bond donors (Lipinski definition) is 2. The molecule has 0 atom stereocenters. The molecular formula is C22H24N4O3. The summed E-state index contributed by atoms with van der Waals surface area (Å²) in [5, 5.41) is 14.2. The number of rotatable bonds is 8. The van der Waals surface area contributed by atoms with Crippen molar-refractivity contribution in [3.63, 3.8) is 0 Å². The lowest BCUT2D eigenvalue weighted by Crippen LogP contribution is -2.16.